The minimum atomic E-state index is -0.511. The van der Waals surface area contributed by atoms with Gasteiger partial charge >= 0.3 is 0 Å². The van der Waals surface area contributed by atoms with Crippen molar-refractivity contribution < 1.29 is 9.84 Å². The molecule has 0 aliphatic heterocycles. The van der Waals surface area contributed by atoms with Crippen LogP contribution in [-0.2, 0) is 6.54 Å². The van der Waals surface area contributed by atoms with Crippen LogP contribution in [0.4, 0.5) is 0 Å². The number of nitrogens with zero attached hydrogens (tertiary/aromatic N) is 1. The molecule has 0 fully saturated rings. The molecule has 0 aliphatic rings. The fourth-order valence-corrected chi connectivity index (χ4v) is 3.04. The zero-order valence-electron chi connectivity index (χ0n) is 15.9. The second kappa shape index (κ2) is 9.59. The lowest BCUT2D eigenvalue weighted by molar-refractivity contribution is 0.0613. The molecular weight excluding hydrogens is 310 g/mol. The van der Waals surface area contributed by atoms with Gasteiger partial charge in [0.15, 0.2) is 0 Å². The molecule has 2 aromatic rings. The molecule has 0 aliphatic carbocycles. The Hall–Kier alpha value is -1.84. The van der Waals surface area contributed by atoms with E-state index in [1.807, 2.05) is 31.2 Å². The van der Waals surface area contributed by atoms with Crippen molar-refractivity contribution in [2.45, 2.75) is 40.3 Å². The van der Waals surface area contributed by atoms with Crippen LogP contribution in [0.5, 0.6) is 5.75 Å². The molecule has 2 aromatic carbocycles. The van der Waals surface area contributed by atoms with Crippen LogP contribution in [0.3, 0.4) is 0 Å². The van der Waals surface area contributed by atoms with Crippen molar-refractivity contribution in [2.24, 2.45) is 5.92 Å². The van der Waals surface area contributed by atoms with E-state index in [0.29, 0.717) is 19.1 Å². The Labute approximate surface area is 152 Å². The van der Waals surface area contributed by atoms with Gasteiger partial charge in [0.05, 0.1) is 0 Å². The molecule has 0 saturated heterocycles. The summed E-state index contributed by atoms with van der Waals surface area (Å²) in [6.07, 6.45) is -0.511. The Balaban J connectivity index is 1.92. The summed E-state index contributed by atoms with van der Waals surface area (Å²) in [6, 6.07) is 16.5. The number of hydrogen-bond donors (Lipinski definition) is 1. The van der Waals surface area contributed by atoms with Crippen molar-refractivity contribution in [3.63, 3.8) is 0 Å². The summed E-state index contributed by atoms with van der Waals surface area (Å²) in [7, 11) is 0. The van der Waals surface area contributed by atoms with Gasteiger partial charge in [-0.3, -0.25) is 4.90 Å². The van der Waals surface area contributed by atoms with Crippen LogP contribution in [0.15, 0.2) is 48.5 Å². The third-order valence-corrected chi connectivity index (χ3v) is 4.11. The summed E-state index contributed by atoms with van der Waals surface area (Å²) < 4.78 is 5.80. The second-order valence-electron chi connectivity index (χ2n) is 7.31. The summed E-state index contributed by atoms with van der Waals surface area (Å²) in [5, 5.41) is 10.5. The highest BCUT2D eigenvalue weighted by Crippen LogP contribution is 2.17. The Bertz CT molecular complexity index is 654. The Morgan fingerprint density at radius 2 is 1.76 bits per heavy atom. The summed E-state index contributed by atoms with van der Waals surface area (Å²) in [4.78, 5) is 2.31. The molecule has 3 nitrogen and oxygen atoms in total. The Morgan fingerprint density at radius 3 is 2.44 bits per heavy atom. The van der Waals surface area contributed by atoms with Crippen molar-refractivity contribution in [3.05, 3.63) is 65.2 Å². The molecule has 1 N–H and O–H groups in total. The first-order valence-corrected chi connectivity index (χ1v) is 9.08. The number of aliphatic hydroxyl groups excluding tert-OH is 1. The largest absolute Gasteiger partial charge is 0.491 e. The maximum atomic E-state index is 10.5. The van der Waals surface area contributed by atoms with E-state index in [1.54, 1.807) is 0 Å². The first-order valence-electron chi connectivity index (χ1n) is 9.08. The quantitative estimate of drug-likeness (QED) is 0.742. The van der Waals surface area contributed by atoms with Crippen molar-refractivity contribution in [1.29, 1.82) is 0 Å². The Morgan fingerprint density at radius 1 is 1.00 bits per heavy atom. The van der Waals surface area contributed by atoms with Gasteiger partial charge in [0, 0.05) is 19.6 Å². The molecule has 3 heteroatoms. The van der Waals surface area contributed by atoms with Crippen LogP contribution >= 0.6 is 0 Å². The molecular formula is C22H31NO2. The van der Waals surface area contributed by atoms with E-state index in [9.17, 15) is 5.11 Å². The summed E-state index contributed by atoms with van der Waals surface area (Å²) in [5.41, 5.74) is 3.65. The van der Waals surface area contributed by atoms with Crippen LogP contribution in [0.25, 0.3) is 0 Å². The van der Waals surface area contributed by atoms with Crippen molar-refractivity contribution in [2.75, 3.05) is 19.7 Å². The van der Waals surface area contributed by atoms with Crippen LogP contribution in [-0.4, -0.2) is 35.8 Å². The van der Waals surface area contributed by atoms with Gasteiger partial charge in [-0.05, 0) is 37.0 Å². The fourth-order valence-electron chi connectivity index (χ4n) is 3.04. The van der Waals surface area contributed by atoms with Gasteiger partial charge < -0.3 is 9.84 Å². The van der Waals surface area contributed by atoms with Gasteiger partial charge in [-0.2, -0.15) is 0 Å². The number of ether oxygens (including phenoxy) is 1. The second-order valence-corrected chi connectivity index (χ2v) is 7.31. The number of benzene rings is 2. The SMILES string of the molecule is Cc1cccc(CN(CC(C)C)CC(O)COc2ccccc2C)c1. The minimum absolute atomic E-state index is 0.313. The van der Waals surface area contributed by atoms with E-state index >= 15 is 0 Å². The van der Waals surface area contributed by atoms with Crippen LogP contribution in [0.1, 0.15) is 30.5 Å². The maximum Gasteiger partial charge on any atom is 0.122 e. The average Bonchev–Trinajstić information content (AvgIpc) is 2.53. The van der Waals surface area contributed by atoms with Crippen molar-refractivity contribution in [1.82, 2.24) is 4.90 Å². The van der Waals surface area contributed by atoms with E-state index < -0.39 is 6.10 Å². The predicted octanol–water partition coefficient (Wildman–Crippen LogP) is 4.20. The number of aryl methyl sites for hydroxylation is 2. The number of rotatable bonds is 9. The molecule has 0 heterocycles. The van der Waals surface area contributed by atoms with E-state index in [4.69, 9.17) is 4.74 Å². The molecule has 0 bridgehead atoms. The number of hydrogen-bond acceptors (Lipinski definition) is 3. The van der Waals surface area contributed by atoms with Crippen molar-refractivity contribution in [3.8, 4) is 5.75 Å². The number of para-hydroxylation sites is 1. The normalized spacial score (nSPS) is 12.6. The maximum absolute atomic E-state index is 10.5. The topological polar surface area (TPSA) is 32.7 Å². The predicted molar refractivity (Wildman–Crippen MR) is 104 cm³/mol. The lowest BCUT2D eigenvalue weighted by Gasteiger charge is -2.27. The minimum Gasteiger partial charge on any atom is -0.491 e. The highest BCUT2D eigenvalue weighted by Gasteiger charge is 2.15. The molecule has 0 amide bonds. The molecule has 0 saturated carbocycles. The van der Waals surface area contributed by atoms with Gasteiger partial charge in [0.1, 0.15) is 18.5 Å². The molecule has 25 heavy (non-hydrogen) atoms. The molecule has 0 aromatic heterocycles. The smallest absolute Gasteiger partial charge is 0.122 e. The van der Waals surface area contributed by atoms with E-state index in [-0.39, 0.29) is 0 Å². The third-order valence-electron chi connectivity index (χ3n) is 4.11. The molecule has 136 valence electrons. The monoisotopic (exact) mass is 341 g/mol. The lowest BCUT2D eigenvalue weighted by atomic mass is 10.1. The van der Waals surface area contributed by atoms with Crippen molar-refractivity contribution >= 4 is 0 Å². The van der Waals surface area contributed by atoms with E-state index in [0.717, 1.165) is 24.4 Å². The fraction of sp³-hybridized carbons (Fsp3) is 0.455. The first-order chi connectivity index (χ1) is 11.9. The summed E-state index contributed by atoms with van der Waals surface area (Å²) in [6.45, 7) is 11.3. The van der Waals surface area contributed by atoms with Crippen LogP contribution in [0.2, 0.25) is 0 Å². The molecule has 0 spiro atoms. The highest BCUT2D eigenvalue weighted by molar-refractivity contribution is 5.31. The van der Waals surface area contributed by atoms with Gasteiger partial charge in [0.2, 0.25) is 0 Å². The van der Waals surface area contributed by atoms with Gasteiger partial charge in [-0.1, -0.05) is 61.9 Å². The summed E-state index contributed by atoms with van der Waals surface area (Å²) >= 11 is 0. The lowest BCUT2D eigenvalue weighted by Crippen LogP contribution is -2.37. The molecule has 1 atom stereocenters. The van der Waals surface area contributed by atoms with Crippen LogP contribution < -0.4 is 4.74 Å². The zero-order chi connectivity index (χ0) is 18.2. The van der Waals surface area contributed by atoms with Crippen LogP contribution in [0, 0.1) is 19.8 Å². The van der Waals surface area contributed by atoms with E-state index in [1.165, 1.54) is 11.1 Å². The average molecular weight is 341 g/mol. The van der Waals surface area contributed by atoms with Gasteiger partial charge in [0.25, 0.3) is 0 Å². The van der Waals surface area contributed by atoms with Gasteiger partial charge in [-0.25, -0.2) is 0 Å². The third kappa shape index (κ3) is 6.89. The number of aliphatic hydroxyl groups is 1. The van der Waals surface area contributed by atoms with Gasteiger partial charge in [-0.15, -0.1) is 0 Å². The zero-order valence-corrected chi connectivity index (χ0v) is 15.9. The summed E-state index contributed by atoms with van der Waals surface area (Å²) in [5.74, 6) is 1.39. The molecule has 0 radical (unpaired) electrons. The van der Waals surface area contributed by atoms with E-state index in [2.05, 4.69) is 49.9 Å². The first kappa shape index (κ1) is 19.5. The molecule has 1 unspecified atom stereocenters. The standard InChI is InChI=1S/C22H31NO2/c1-17(2)13-23(14-20-10-7-8-18(3)12-20)15-21(24)16-25-22-11-6-5-9-19(22)4/h5-12,17,21,24H,13-16H2,1-4H3. The highest BCUT2D eigenvalue weighted by atomic mass is 16.5. The Kier molecular flexibility index (Phi) is 7.48. The molecule has 2 rings (SSSR count).